The molecule has 0 aliphatic carbocycles. The largest absolute Gasteiger partial charge is 0.336 e. The van der Waals surface area contributed by atoms with Crippen LogP contribution in [0.1, 0.15) is 41.4 Å². The van der Waals surface area contributed by atoms with Gasteiger partial charge in [0.05, 0.1) is 22.3 Å². The molecule has 1 fully saturated rings. The Bertz CT molecular complexity index is 1200. The molecular weight excluding hydrogens is 426 g/mol. The number of pyridine rings is 1. The molecule has 0 bridgehead atoms. The Balaban J connectivity index is 1.52. The van der Waals surface area contributed by atoms with Crippen molar-refractivity contribution in [1.82, 2.24) is 24.0 Å². The van der Waals surface area contributed by atoms with Crippen LogP contribution in [0.3, 0.4) is 0 Å². The Morgan fingerprint density at radius 2 is 1.69 bits per heavy atom. The van der Waals surface area contributed by atoms with Crippen LogP contribution in [0.15, 0.2) is 59.8 Å². The van der Waals surface area contributed by atoms with Crippen LogP contribution in [0.4, 0.5) is 0 Å². The summed E-state index contributed by atoms with van der Waals surface area (Å²) < 4.78 is 29.1. The van der Waals surface area contributed by atoms with E-state index in [2.05, 4.69) is 10.1 Å². The highest BCUT2D eigenvalue weighted by molar-refractivity contribution is 7.89. The zero-order chi connectivity index (χ0) is 22.9. The summed E-state index contributed by atoms with van der Waals surface area (Å²) >= 11 is 0. The van der Waals surface area contributed by atoms with Crippen LogP contribution in [0.2, 0.25) is 0 Å². The lowest BCUT2D eigenvalue weighted by Crippen LogP contribution is -2.50. The van der Waals surface area contributed by atoms with Crippen molar-refractivity contribution in [3.63, 3.8) is 0 Å². The Morgan fingerprint density at radius 1 is 1.00 bits per heavy atom. The van der Waals surface area contributed by atoms with Crippen LogP contribution in [0.25, 0.3) is 5.82 Å². The number of hydrogen-bond acceptors (Lipinski definition) is 5. The molecule has 0 spiro atoms. The summed E-state index contributed by atoms with van der Waals surface area (Å²) in [7, 11) is -3.58. The van der Waals surface area contributed by atoms with E-state index in [0.29, 0.717) is 24.5 Å². The average molecular weight is 454 g/mol. The van der Waals surface area contributed by atoms with Gasteiger partial charge >= 0.3 is 0 Å². The summed E-state index contributed by atoms with van der Waals surface area (Å²) in [5.41, 5.74) is 2.33. The predicted molar refractivity (Wildman–Crippen MR) is 121 cm³/mol. The van der Waals surface area contributed by atoms with Crippen molar-refractivity contribution in [2.45, 2.75) is 31.6 Å². The van der Waals surface area contributed by atoms with Crippen LogP contribution < -0.4 is 0 Å². The monoisotopic (exact) mass is 453 g/mol. The predicted octanol–water partition coefficient (Wildman–Crippen LogP) is 2.85. The van der Waals surface area contributed by atoms with Gasteiger partial charge in [0.15, 0.2) is 5.82 Å². The van der Waals surface area contributed by atoms with Gasteiger partial charge in [-0.05, 0) is 37.1 Å². The van der Waals surface area contributed by atoms with Gasteiger partial charge in [-0.15, -0.1) is 0 Å². The smallest absolute Gasteiger partial charge is 0.257 e. The topological polar surface area (TPSA) is 88.4 Å². The van der Waals surface area contributed by atoms with Gasteiger partial charge in [-0.1, -0.05) is 37.6 Å². The molecule has 168 valence electrons. The molecule has 0 unspecified atom stereocenters. The third-order valence-corrected chi connectivity index (χ3v) is 7.55. The van der Waals surface area contributed by atoms with Gasteiger partial charge in [-0.3, -0.25) is 4.79 Å². The molecule has 3 aromatic rings. The van der Waals surface area contributed by atoms with Crippen LogP contribution >= 0.6 is 0 Å². The number of carbonyl (C=O) groups excluding carboxylic acids is 1. The normalized spacial score (nSPS) is 15.3. The minimum absolute atomic E-state index is 0.0571. The fourth-order valence-corrected chi connectivity index (χ4v) is 5.32. The third-order valence-electron chi connectivity index (χ3n) is 5.63. The molecular formula is C23H27N5O3S. The van der Waals surface area contributed by atoms with Crippen molar-refractivity contribution in [1.29, 1.82) is 0 Å². The number of aromatic nitrogens is 3. The number of benzene rings is 1. The standard InChI is InChI=1S/C23H27N5O3S/c1-17(2)22-20(16-25-28(22)21-6-4-5-11-24-21)23(29)26-12-14-27(15-13-26)32(30,31)19-9-7-18(3)8-10-19/h4-11,16-17H,12-15H2,1-3H3. The van der Waals surface area contributed by atoms with E-state index in [1.54, 1.807) is 46.2 Å². The molecule has 8 nitrogen and oxygen atoms in total. The highest BCUT2D eigenvalue weighted by atomic mass is 32.2. The van der Waals surface area contributed by atoms with E-state index in [9.17, 15) is 13.2 Å². The zero-order valence-corrected chi connectivity index (χ0v) is 19.3. The first-order valence-corrected chi connectivity index (χ1v) is 12.1. The molecule has 2 aromatic heterocycles. The maximum absolute atomic E-state index is 13.3. The highest BCUT2D eigenvalue weighted by Gasteiger charge is 2.32. The molecule has 0 radical (unpaired) electrons. The maximum Gasteiger partial charge on any atom is 0.257 e. The summed E-state index contributed by atoms with van der Waals surface area (Å²) in [6.45, 7) is 7.12. The molecule has 9 heteroatoms. The Hall–Kier alpha value is -3.04. The molecule has 0 atom stereocenters. The van der Waals surface area contributed by atoms with E-state index in [4.69, 9.17) is 0 Å². The number of aryl methyl sites for hydroxylation is 1. The molecule has 32 heavy (non-hydrogen) atoms. The number of sulfonamides is 1. The van der Waals surface area contributed by atoms with Gasteiger partial charge in [-0.2, -0.15) is 9.40 Å². The fourth-order valence-electron chi connectivity index (χ4n) is 3.90. The molecule has 1 aromatic carbocycles. The van der Waals surface area contributed by atoms with Crippen molar-refractivity contribution in [2.75, 3.05) is 26.2 Å². The minimum atomic E-state index is -3.58. The van der Waals surface area contributed by atoms with Crippen LogP contribution in [0, 0.1) is 6.92 Å². The quantitative estimate of drug-likeness (QED) is 0.593. The van der Waals surface area contributed by atoms with Crippen LogP contribution in [-0.4, -0.2) is 64.5 Å². The average Bonchev–Trinajstić information content (AvgIpc) is 3.25. The summed E-state index contributed by atoms with van der Waals surface area (Å²) in [6, 6.07) is 12.4. The van der Waals surface area contributed by atoms with Crippen molar-refractivity contribution < 1.29 is 13.2 Å². The van der Waals surface area contributed by atoms with Crippen molar-refractivity contribution in [3.8, 4) is 5.82 Å². The minimum Gasteiger partial charge on any atom is -0.336 e. The van der Waals surface area contributed by atoms with E-state index in [0.717, 1.165) is 11.3 Å². The molecule has 1 aliphatic heterocycles. The molecule has 0 N–H and O–H groups in total. The number of hydrogen-bond donors (Lipinski definition) is 0. The second-order valence-electron chi connectivity index (χ2n) is 8.21. The maximum atomic E-state index is 13.3. The number of piperazine rings is 1. The first-order chi connectivity index (χ1) is 15.3. The van der Waals surface area contributed by atoms with Gasteiger partial charge in [0.1, 0.15) is 0 Å². The van der Waals surface area contributed by atoms with E-state index in [1.165, 1.54) is 4.31 Å². The van der Waals surface area contributed by atoms with Gasteiger partial charge < -0.3 is 4.90 Å². The number of carbonyl (C=O) groups is 1. The van der Waals surface area contributed by atoms with Crippen LogP contribution in [0.5, 0.6) is 0 Å². The lowest BCUT2D eigenvalue weighted by molar-refractivity contribution is 0.0696. The summed E-state index contributed by atoms with van der Waals surface area (Å²) in [5, 5.41) is 4.42. The second-order valence-corrected chi connectivity index (χ2v) is 10.1. The molecule has 1 saturated heterocycles. The summed E-state index contributed by atoms with van der Waals surface area (Å²) in [6.07, 6.45) is 3.28. The van der Waals surface area contributed by atoms with Gasteiger partial charge in [0.2, 0.25) is 10.0 Å². The molecule has 1 aliphatic rings. The molecule has 4 rings (SSSR count). The van der Waals surface area contributed by atoms with Crippen LogP contribution in [-0.2, 0) is 10.0 Å². The second kappa shape index (κ2) is 8.84. The van der Waals surface area contributed by atoms with Gasteiger partial charge in [0, 0.05) is 32.4 Å². The molecule has 1 amide bonds. The van der Waals surface area contributed by atoms with Gasteiger partial charge in [-0.25, -0.2) is 18.1 Å². The molecule has 3 heterocycles. The fraction of sp³-hybridized carbons (Fsp3) is 0.348. The lowest BCUT2D eigenvalue weighted by Gasteiger charge is -2.34. The van der Waals surface area contributed by atoms with Crippen molar-refractivity contribution in [3.05, 3.63) is 71.7 Å². The zero-order valence-electron chi connectivity index (χ0n) is 18.5. The van der Waals surface area contributed by atoms with E-state index in [1.807, 2.05) is 39.0 Å². The number of rotatable bonds is 5. The number of amides is 1. The van der Waals surface area contributed by atoms with Crippen molar-refractivity contribution in [2.24, 2.45) is 0 Å². The van der Waals surface area contributed by atoms with E-state index >= 15 is 0 Å². The van der Waals surface area contributed by atoms with Gasteiger partial charge in [0.25, 0.3) is 5.91 Å². The van der Waals surface area contributed by atoms with E-state index < -0.39 is 10.0 Å². The van der Waals surface area contributed by atoms with Crippen molar-refractivity contribution >= 4 is 15.9 Å². The summed E-state index contributed by atoms with van der Waals surface area (Å²) in [4.78, 5) is 19.6. The Kier molecular flexibility index (Phi) is 6.12. The SMILES string of the molecule is Cc1ccc(S(=O)(=O)N2CCN(C(=O)c3cnn(-c4ccccn4)c3C(C)C)CC2)cc1. The highest BCUT2D eigenvalue weighted by Crippen LogP contribution is 2.25. The lowest BCUT2D eigenvalue weighted by atomic mass is 10.0. The first kappa shape index (κ1) is 22.2. The van der Waals surface area contributed by atoms with E-state index in [-0.39, 0.29) is 29.8 Å². The first-order valence-electron chi connectivity index (χ1n) is 10.6. The molecule has 0 saturated carbocycles. The Morgan fingerprint density at radius 3 is 2.28 bits per heavy atom. The Labute approximate surface area is 188 Å². The third kappa shape index (κ3) is 4.18. The summed E-state index contributed by atoms with van der Waals surface area (Å²) in [5.74, 6) is 0.578. The number of nitrogens with zero attached hydrogens (tertiary/aromatic N) is 5.